The van der Waals surface area contributed by atoms with Gasteiger partial charge in [0, 0.05) is 5.56 Å². The van der Waals surface area contributed by atoms with Gasteiger partial charge in [0.05, 0.1) is 17.6 Å². The minimum absolute atomic E-state index is 0.0682. The Morgan fingerprint density at radius 2 is 1.43 bits per heavy atom. The molecule has 0 aliphatic rings. The molecular formula is C20H16F3NO3S. The van der Waals surface area contributed by atoms with Crippen LogP contribution in [0, 0.1) is 0 Å². The van der Waals surface area contributed by atoms with E-state index < -0.39 is 21.8 Å². The van der Waals surface area contributed by atoms with E-state index in [2.05, 4.69) is 0 Å². The summed E-state index contributed by atoms with van der Waals surface area (Å²) in [5, 5.41) is 5.32. The van der Waals surface area contributed by atoms with Gasteiger partial charge in [-0.15, -0.1) is 0 Å². The van der Waals surface area contributed by atoms with Crippen molar-refractivity contribution in [2.24, 2.45) is 5.14 Å². The number of hydrogen-bond donors (Lipinski definition) is 1. The zero-order valence-corrected chi connectivity index (χ0v) is 15.5. The number of rotatable bonds is 4. The number of alkyl halides is 3. The Morgan fingerprint density at radius 1 is 0.857 bits per heavy atom. The Hall–Kier alpha value is -2.84. The molecule has 3 aromatic rings. The van der Waals surface area contributed by atoms with Gasteiger partial charge in [0.25, 0.3) is 0 Å². The van der Waals surface area contributed by atoms with Gasteiger partial charge in [0.1, 0.15) is 5.75 Å². The van der Waals surface area contributed by atoms with E-state index in [9.17, 15) is 21.6 Å². The first-order chi connectivity index (χ1) is 13.1. The maximum absolute atomic E-state index is 13.1. The zero-order valence-electron chi connectivity index (χ0n) is 14.7. The van der Waals surface area contributed by atoms with Crippen molar-refractivity contribution < 1.29 is 26.3 Å². The first kappa shape index (κ1) is 19.9. The number of halogens is 3. The standard InChI is InChI=1S/C20H16F3NO3S/c1-27-18-12-13(10-11-17(18)20(21,22)23)14-6-2-3-7-15(14)16-8-4-5-9-19(16)28(24,25)26/h2-12H,1H3,(H2,24,25,26). The predicted molar refractivity (Wildman–Crippen MR) is 100 cm³/mol. The van der Waals surface area contributed by atoms with Gasteiger partial charge >= 0.3 is 6.18 Å². The van der Waals surface area contributed by atoms with Crippen LogP contribution in [0.15, 0.2) is 71.6 Å². The molecule has 0 spiro atoms. The van der Waals surface area contributed by atoms with Crippen molar-refractivity contribution >= 4 is 10.0 Å². The third-order valence-corrected chi connectivity index (χ3v) is 5.20. The van der Waals surface area contributed by atoms with E-state index in [1.54, 1.807) is 42.5 Å². The third kappa shape index (κ3) is 3.88. The molecule has 0 amide bonds. The Labute approximate surface area is 160 Å². The Morgan fingerprint density at radius 3 is 2.00 bits per heavy atom. The van der Waals surface area contributed by atoms with Gasteiger partial charge in [-0.25, -0.2) is 13.6 Å². The summed E-state index contributed by atoms with van der Waals surface area (Å²) in [4.78, 5) is -0.0682. The number of hydrogen-bond acceptors (Lipinski definition) is 3. The molecular weight excluding hydrogens is 391 g/mol. The van der Waals surface area contributed by atoms with Crippen LogP contribution in [0.2, 0.25) is 0 Å². The minimum atomic E-state index is -4.55. The molecule has 8 heteroatoms. The van der Waals surface area contributed by atoms with Gasteiger partial charge < -0.3 is 4.74 Å². The van der Waals surface area contributed by atoms with Crippen molar-refractivity contribution in [3.05, 3.63) is 72.3 Å². The summed E-state index contributed by atoms with van der Waals surface area (Å²) in [6.45, 7) is 0. The second-order valence-corrected chi connectivity index (χ2v) is 7.53. The fourth-order valence-electron chi connectivity index (χ4n) is 3.00. The van der Waals surface area contributed by atoms with Crippen molar-refractivity contribution in [2.75, 3.05) is 7.11 Å². The second kappa shape index (κ2) is 7.29. The van der Waals surface area contributed by atoms with Gasteiger partial charge in [-0.05, 0) is 34.9 Å². The SMILES string of the molecule is COc1cc(-c2ccccc2-c2ccccc2S(N)(=O)=O)ccc1C(F)(F)F. The van der Waals surface area contributed by atoms with Crippen LogP contribution in [-0.2, 0) is 16.2 Å². The monoisotopic (exact) mass is 407 g/mol. The van der Waals surface area contributed by atoms with Crippen LogP contribution in [0.3, 0.4) is 0 Å². The molecule has 0 aromatic heterocycles. The van der Waals surface area contributed by atoms with Crippen LogP contribution in [0.1, 0.15) is 5.56 Å². The first-order valence-electron chi connectivity index (χ1n) is 8.10. The first-order valence-corrected chi connectivity index (χ1v) is 9.64. The lowest BCUT2D eigenvalue weighted by atomic mass is 9.93. The average Bonchev–Trinajstić information content (AvgIpc) is 2.66. The summed E-state index contributed by atoms with van der Waals surface area (Å²) in [7, 11) is -2.83. The van der Waals surface area contributed by atoms with E-state index in [4.69, 9.17) is 9.88 Å². The molecule has 0 unspecified atom stereocenters. The molecule has 4 nitrogen and oxygen atoms in total. The maximum Gasteiger partial charge on any atom is 0.419 e. The van der Waals surface area contributed by atoms with Gasteiger partial charge in [-0.3, -0.25) is 0 Å². The molecule has 0 radical (unpaired) electrons. The van der Waals surface area contributed by atoms with Crippen molar-refractivity contribution in [3.63, 3.8) is 0 Å². The molecule has 0 saturated carbocycles. The Bertz CT molecular complexity index is 1130. The molecule has 0 aliphatic heterocycles. The molecule has 0 bridgehead atoms. The lowest BCUT2D eigenvalue weighted by Gasteiger charge is -2.16. The highest BCUT2D eigenvalue weighted by atomic mass is 32.2. The normalized spacial score (nSPS) is 12.0. The molecule has 0 saturated heterocycles. The minimum Gasteiger partial charge on any atom is -0.496 e. The molecule has 2 N–H and O–H groups in total. The van der Waals surface area contributed by atoms with Crippen LogP contribution in [0.25, 0.3) is 22.3 Å². The molecule has 3 aromatic carbocycles. The molecule has 3 rings (SSSR count). The summed E-state index contributed by atoms with van der Waals surface area (Å²) in [5.41, 5.74) is 0.991. The Kier molecular flexibility index (Phi) is 5.18. The van der Waals surface area contributed by atoms with E-state index in [1.165, 1.54) is 18.2 Å². The van der Waals surface area contributed by atoms with Gasteiger partial charge in [-0.1, -0.05) is 48.5 Å². The number of benzene rings is 3. The number of nitrogens with two attached hydrogens (primary N) is 1. The quantitative estimate of drug-likeness (QED) is 0.682. The van der Waals surface area contributed by atoms with E-state index in [0.717, 1.165) is 13.2 Å². The van der Waals surface area contributed by atoms with E-state index >= 15 is 0 Å². The molecule has 146 valence electrons. The third-order valence-electron chi connectivity index (χ3n) is 4.23. The van der Waals surface area contributed by atoms with Crippen molar-refractivity contribution in [1.82, 2.24) is 0 Å². The fraction of sp³-hybridized carbons (Fsp3) is 0.100. The van der Waals surface area contributed by atoms with Crippen LogP contribution >= 0.6 is 0 Å². The summed E-state index contributed by atoms with van der Waals surface area (Å²) in [6, 6.07) is 16.5. The zero-order chi connectivity index (χ0) is 20.5. The molecule has 0 fully saturated rings. The average molecular weight is 407 g/mol. The number of primary sulfonamides is 1. The van der Waals surface area contributed by atoms with E-state index in [0.29, 0.717) is 22.3 Å². The van der Waals surface area contributed by atoms with Crippen LogP contribution < -0.4 is 9.88 Å². The second-order valence-electron chi connectivity index (χ2n) is 6.00. The van der Waals surface area contributed by atoms with Gasteiger partial charge in [0.15, 0.2) is 0 Å². The Balaban J connectivity index is 2.24. The highest BCUT2D eigenvalue weighted by Gasteiger charge is 2.34. The molecule has 28 heavy (non-hydrogen) atoms. The number of ether oxygens (including phenoxy) is 1. The molecule has 0 heterocycles. The topological polar surface area (TPSA) is 69.4 Å². The highest BCUT2D eigenvalue weighted by molar-refractivity contribution is 7.89. The lowest BCUT2D eigenvalue weighted by Crippen LogP contribution is -2.13. The fourth-order valence-corrected chi connectivity index (χ4v) is 3.75. The summed E-state index contributed by atoms with van der Waals surface area (Å²) >= 11 is 0. The van der Waals surface area contributed by atoms with Crippen LogP contribution in [0.5, 0.6) is 5.75 Å². The summed E-state index contributed by atoms with van der Waals surface area (Å²) in [6.07, 6.45) is -4.55. The van der Waals surface area contributed by atoms with E-state index in [-0.39, 0.29) is 10.6 Å². The van der Waals surface area contributed by atoms with Crippen LogP contribution in [-0.4, -0.2) is 15.5 Å². The van der Waals surface area contributed by atoms with Crippen molar-refractivity contribution in [3.8, 4) is 28.0 Å². The van der Waals surface area contributed by atoms with Gasteiger partial charge in [0.2, 0.25) is 10.0 Å². The molecule has 0 atom stereocenters. The van der Waals surface area contributed by atoms with E-state index in [1.807, 2.05) is 0 Å². The smallest absolute Gasteiger partial charge is 0.419 e. The number of methoxy groups -OCH3 is 1. The highest BCUT2D eigenvalue weighted by Crippen LogP contribution is 2.41. The summed E-state index contributed by atoms with van der Waals surface area (Å²) < 4.78 is 68.3. The number of sulfonamides is 1. The van der Waals surface area contributed by atoms with Gasteiger partial charge in [-0.2, -0.15) is 13.2 Å². The van der Waals surface area contributed by atoms with Crippen LogP contribution in [0.4, 0.5) is 13.2 Å². The van der Waals surface area contributed by atoms with Crippen molar-refractivity contribution in [1.29, 1.82) is 0 Å². The largest absolute Gasteiger partial charge is 0.496 e. The summed E-state index contributed by atoms with van der Waals surface area (Å²) in [5.74, 6) is -0.320. The van der Waals surface area contributed by atoms with Crippen molar-refractivity contribution in [2.45, 2.75) is 11.1 Å². The molecule has 0 aliphatic carbocycles. The predicted octanol–water partition coefficient (Wildman–Crippen LogP) is 4.70. The lowest BCUT2D eigenvalue weighted by molar-refractivity contribution is -0.138. The maximum atomic E-state index is 13.1.